The van der Waals surface area contributed by atoms with Crippen LogP contribution in [0.3, 0.4) is 0 Å². The maximum atomic E-state index is 11.3. The lowest BCUT2D eigenvalue weighted by atomic mass is 10.2. The van der Waals surface area contributed by atoms with Gasteiger partial charge in [0.1, 0.15) is 5.82 Å². The van der Waals surface area contributed by atoms with E-state index in [1.165, 1.54) is 0 Å². The van der Waals surface area contributed by atoms with E-state index in [1.807, 2.05) is 24.0 Å². The number of carbonyl (C=O) groups is 1. The second-order valence-corrected chi connectivity index (χ2v) is 5.26. The normalized spacial score (nSPS) is 15.2. The van der Waals surface area contributed by atoms with E-state index < -0.39 is 0 Å². The Morgan fingerprint density at radius 1 is 1.27 bits per heavy atom. The van der Waals surface area contributed by atoms with Gasteiger partial charge in [0.25, 0.3) is 0 Å². The summed E-state index contributed by atoms with van der Waals surface area (Å²) in [6.45, 7) is 6.66. The molecule has 0 bridgehead atoms. The van der Waals surface area contributed by atoms with E-state index in [0.29, 0.717) is 11.7 Å². The monoisotopic (exact) mass is 301 g/mol. The van der Waals surface area contributed by atoms with Gasteiger partial charge in [-0.25, -0.2) is 4.98 Å². The topological polar surface area (TPSA) is 75.4 Å². The third kappa shape index (κ3) is 2.93. The average molecular weight is 301 g/mol. The fraction of sp³-hybridized carbons (Fsp3) is 0.467. The third-order valence-electron chi connectivity index (χ3n) is 3.83. The van der Waals surface area contributed by atoms with Crippen LogP contribution < -0.4 is 4.90 Å². The van der Waals surface area contributed by atoms with Crippen LogP contribution in [0.25, 0.3) is 11.4 Å². The van der Waals surface area contributed by atoms with E-state index in [4.69, 9.17) is 4.52 Å². The van der Waals surface area contributed by atoms with Gasteiger partial charge in [-0.1, -0.05) is 12.1 Å². The zero-order valence-electron chi connectivity index (χ0n) is 12.8. The predicted octanol–water partition coefficient (Wildman–Crippen LogP) is 1.36. The summed E-state index contributed by atoms with van der Waals surface area (Å²) in [5, 5.41) is 3.94. The lowest BCUT2D eigenvalue weighted by molar-refractivity contribution is -0.129. The zero-order valence-corrected chi connectivity index (χ0v) is 12.8. The van der Waals surface area contributed by atoms with E-state index in [2.05, 4.69) is 20.0 Å². The first-order valence-electron chi connectivity index (χ1n) is 7.47. The summed E-state index contributed by atoms with van der Waals surface area (Å²) in [6, 6.07) is 3.91. The van der Waals surface area contributed by atoms with Crippen LogP contribution in [0.2, 0.25) is 0 Å². The first-order chi connectivity index (χ1) is 10.7. The van der Waals surface area contributed by atoms with Crippen LogP contribution >= 0.6 is 0 Å². The van der Waals surface area contributed by atoms with E-state index >= 15 is 0 Å². The maximum Gasteiger partial charge on any atom is 0.226 e. The molecule has 116 valence electrons. The van der Waals surface area contributed by atoms with Crippen LogP contribution in [0.1, 0.15) is 19.7 Å². The van der Waals surface area contributed by atoms with Crippen molar-refractivity contribution in [2.24, 2.45) is 0 Å². The number of aromatic nitrogens is 3. The van der Waals surface area contributed by atoms with Crippen molar-refractivity contribution >= 4 is 11.7 Å². The molecule has 0 N–H and O–H groups in total. The van der Waals surface area contributed by atoms with Crippen molar-refractivity contribution in [3.05, 3.63) is 24.2 Å². The molecule has 1 aliphatic rings. The molecule has 22 heavy (non-hydrogen) atoms. The highest BCUT2D eigenvalue weighted by atomic mass is 16.5. The fourth-order valence-electron chi connectivity index (χ4n) is 2.47. The fourth-order valence-corrected chi connectivity index (χ4v) is 2.47. The number of hydrogen-bond donors (Lipinski definition) is 0. The number of amides is 1. The number of piperazine rings is 1. The standard InChI is InChI=1S/C15H19N5O2/c1-3-14-17-15(18-22-14)12-4-5-13(16-10-12)20-8-6-19(7-9-20)11(2)21/h4-5,10H,3,6-9H2,1-2H3. The number of aryl methyl sites for hydroxylation is 1. The van der Waals surface area contributed by atoms with Crippen molar-refractivity contribution < 1.29 is 9.32 Å². The molecule has 2 aromatic rings. The van der Waals surface area contributed by atoms with Crippen molar-refractivity contribution in [1.82, 2.24) is 20.0 Å². The zero-order chi connectivity index (χ0) is 15.5. The van der Waals surface area contributed by atoms with E-state index in [-0.39, 0.29) is 5.91 Å². The first-order valence-corrected chi connectivity index (χ1v) is 7.47. The highest BCUT2D eigenvalue weighted by Gasteiger charge is 2.19. The van der Waals surface area contributed by atoms with E-state index in [9.17, 15) is 4.79 Å². The van der Waals surface area contributed by atoms with Crippen LogP contribution in [-0.4, -0.2) is 52.1 Å². The molecular weight excluding hydrogens is 282 g/mol. The Morgan fingerprint density at radius 3 is 2.59 bits per heavy atom. The minimum atomic E-state index is 0.131. The molecular formula is C15H19N5O2. The highest BCUT2D eigenvalue weighted by Crippen LogP contribution is 2.19. The van der Waals surface area contributed by atoms with Crippen LogP contribution in [0.15, 0.2) is 22.9 Å². The molecule has 1 fully saturated rings. The summed E-state index contributed by atoms with van der Waals surface area (Å²) in [6.07, 6.45) is 2.48. The quantitative estimate of drug-likeness (QED) is 0.852. The van der Waals surface area contributed by atoms with Gasteiger partial charge in [-0.3, -0.25) is 4.79 Å². The van der Waals surface area contributed by atoms with Gasteiger partial charge in [-0.05, 0) is 12.1 Å². The Kier molecular flexibility index (Phi) is 4.04. The summed E-state index contributed by atoms with van der Waals surface area (Å²) < 4.78 is 5.11. The molecule has 7 heteroatoms. The number of pyridine rings is 1. The predicted molar refractivity (Wildman–Crippen MR) is 81.4 cm³/mol. The van der Waals surface area contributed by atoms with Gasteiger partial charge >= 0.3 is 0 Å². The largest absolute Gasteiger partial charge is 0.353 e. The summed E-state index contributed by atoms with van der Waals surface area (Å²) in [5.41, 5.74) is 0.842. The molecule has 3 rings (SSSR count). The SMILES string of the molecule is CCc1nc(-c2ccc(N3CCN(C(C)=O)CC3)nc2)no1. The van der Waals surface area contributed by atoms with Crippen molar-refractivity contribution in [3.63, 3.8) is 0 Å². The Hall–Kier alpha value is -2.44. The molecule has 0 atom stereocenters. The average Bonchev–Trinajstić information content (AvgIpc) is 3.04. The molecule has 1 saturated heterocycles. The van der Waals surface area contributed by atoms with Gasteiger partial charge in [0.15, 0.2) is 0 Å². The third-order valence-corrected chi connectivity index (χ3v) is 3.83. The summed E-state index contributed by atoms with van der Waals surface area (Å²) in [7, 11) is 0. The van der Waals surface area contributed by atoms with Gasteiger partial charge in [0.2, 0.25) is 17.6 Å². The molecule has 0 aromatic carbocycles. The minimum absolute atomic E-state index is 0.131. The second kappa shape index (κ2) is 6.13. The molecule has 0 spiro atoms. The lowest BCUT2D eigenvalue weighted by Gasteiger charge is -2.34. The molecule has 0 unspecified atom stereocenters. The summed E-state index contributed by atoms with van der Waals surface area (Å²) in [5.74, 6) is 2.23. The second-order valence-electron chi connectivity index (χ2n) is 5.26. The lowest BCUT2D eigenvalue weighted by Crippen LogP contribution is -2.48. The number of hydrogen-bond acceptors (Lipinski definition) is 6. The van der Waals surface area contributed by atoms with Gasteiger partial charge in [-0.15, -0.1) is 0 Å². The number of carbonyl (C=O) groups excluding carboxylic acids is 1. The van der Waals surface area contributed by atoms with E-state index in [0.717, 1.165) is 44.0 Å². The van der Waals surface area contributed by atoms with Gasteiger partial charge < -0.3 is 14.3 Å². The number of rotatable bonds is 3. The van der Waals surface area contributed by atoms with Crippen molar-refractivity contribution in [3.8, 4) is 11.4 Å². The first kappa shape index (κ1) is 14.5. The number of anilines is 1. The molecule has 2 aromatic heterocycles. The molecule has 1 aliphatic heterocycles. The van der Waals surface area contributed by atoms with Crippen molar-refractivity contribution in [2.45, 2.75) is 20.3 Å². The summed E-state index contributed by atoms with van der Waals surface area (Å²) in [4.78, 5) is 24.2. The molecule has 0 saturated carbocycles. The van der Waals surface area contributed by atoms with Crippen LogP contribution in [0, 0.1) is 0 Å². The highest BCUT2D eigenvalue weighted by molar-refractivity contribution is 5.73. The van der Waals surface area contributed by atoms with Crippen LogP contribution in [-0.2, 0) is 11.2 Å². The van der Waals surface area contributed by atoms with Crippen LogP contribution in [0.4, 0.5) is 5.82 Å². The van der Waals surface area contributed by atoms with Gasteiger partial charge in [0, 0.05) is 51.3 Å². The van der Waals surface area contributed by atoms with Gasteiger partial charge in [-0.2, -0.15) is 4.98 Å². The van der Waals surface area contributed by atoms with Gasteiger partial charge in [0.05, 0.1) is 0 Å². The molecule has 1 amide bonds. The van der Waals surface area contributed by atoms with Crippen molar-refractivity contribution in [1.29, 1.82) is 0 Å². The van der Waals surface area contributed by atoms with Crippen molar-refractivity contribution in [2.75, 3.05) is 31.1 Å². The molecule has 0 radical (unpaired) electrons. The smallest absolute Gasteiger partial charge is 0.226 e. The molecule has 3 heterocycles. The van der Waals surface area contributed by atoms with E-state index in [1.54, 1.807) is 13.1 Å². The Morgan fingerprint density at radius 2 is 2.05 bits per heavy atom. The Bertz CT molecular complexity index is 644. The van der Waals surface area contributed by atoms with Crippen LogP contribution in [0.5, 0.6) is 0 Å². The molecule has 0 aliphatic carbocycles. The molecule has 7 nitrogen and oxygen atoms in total. The minimum Gasteiger partial charge on any atom is -0.353 e. The summed E-state index contributed by atoms with van der Waals surface area (Å²) >= 11 is 0. The Labute approximate surface area is 128 Å². The number of nitrogens with zero attached hydrogens (tertiary/aromatic N) is 5. The Balaban J connectivity index is 1.68. The maximum absolute atomic E-state index is 11.3.